The quantitative estimate of drug-likeness (QED) is 0.852. The average Bonchev–Trinajstić information content (AvgIpc) is 2.80. The number of benzene rings is 1. The predicted molar refractivity (Wildman–Crippen MR) is 65.6 cm³/mol. The molecule has 0 spiro atoms. The van der Waals surface area contributed by atoms with Gasteiger partial charge in [-0.2, -0.15) is 5.10 Å². The second-order valence-corrected chi connectivity index (χ2v) is 4.57. The van der Waals surface area contributed by atoms with Gasteiger partial charge in [0.2, 0.25) is 0 Å². The van der Waals surface area contributed by atoms with E-state index in [4.69, 9.17) is 5.73 Å². The summed E-state index contributed by atoms with van der Waals surface area (Å²) in [5.74, 6) is 0. The van der Waals surface area contributed by atoms with E-state index in [1.165, 1.54) is 0 Å². The lowest BCUT2D eigenvalue weighted by molar-refractivity contribution is 0.516. The van der Waals surface area contributed by atoms with Crippen molar-refractivity contribution in [2.45, 2.75) is 19.3 Å². The molecule has 1 aromatic heterocycles. The van der Waals surface area contributed by atoms with E-state index >= 15 is 0 Å². The molecule has 0 bridgehead atoms. The van der Waals surface area contributed by atoms with Gasteiger partial charge < -0.3 is 5.73 Å². The van der Waals surface area contributed by atoms with Crippen LogP contribution in [0.2, 0.25) is 0 Å². The molecule has 0 aliphatic rings. The molecule has 0 saturated carbocycles. The van der Waals surface area contributed by atoms with Gasteiger partial charge in [0.15, 0.2) is 0 Å². The largest absolute Gasteiger partial charge is 0.330 e. The van der Waals surface area contributed by atoms with E-state index in [1.807, 2.05) is 47.3 Å². The Bertz CT molecular complexity index is 457. The van der Waals surface area contributed by atoms with Crippen LogP contribution in [-0.4, -0.2) is 16.3 Å². The minimum Gasteiger partial charge on any atom is -0.330 e. The first-order chi connectivity index (χ1) is 7.63. The smallest absolute Gasteiger partial charge is 0.0697 e. The maximum absolute atomic E-state index is 5.74. The topological polar surface area (TPSA) is 43.8 Å². The maximum Gasteiger partial charge on any atom is 0.0697 e. The standard InChI is InChI=1S/C13H17N3/c1-13(2,10-14)12-8-9-16(15-12)11-6-4-3-5-7-11/h3-9H,10,14H2,1-2H3. The van der Waals surface area contributed by atoms with E-state index in [0.717, 1.165) is 11.4 Å². The van der Waals surface area contributed by atoms with Crippen LogP contribution in [0.5, 0.6) is 0 Å². The fourth-order valence-electron chi connectivity index (χ4n) is 1.51. The highest BCUT2D eigenvalue weighted by Crippen LogP contribution is 2.20. The minimum absolute atomic E-state index is 0.0694. The van der Waals surface area contributed by atoms with Crippen LogP contribution in [0.3, 0.4) is 0 Å². The summed E-state index contributed by atoms with van der Waals surface area (Å²) in [6, 6.07) is 12.1. The van der Waals surface area contributed by atoms with E-state index in [1.54, 1.807) is 0 Å². The van der Waals surface area contributed by atoms with Crippen molar-refractivity contribution in [1.29, 1.82) is 0 Å². The SMILES string of the molecule is CC(C)(CN)c1ccn(-c2ccccc2)n1. The van der Waals surface area contributed by atoms with E-state index in [2.05, 4.69) is 18.9 Å². The zero-order chi connectivity index (χ0) is 11.6. The van der Waals surface area contributed by atoms with Crippen LogP contribution in [0.15, 0.2) is 42.6 Å². The zero-order valence-corrected chi connectivity index (χ0v) is 9.72. The van der Waals surface area contributed by atoms with E-state index in [0.29, 0.717) is 6.54 Å². The van der Waals surface area contributed by atoms with Gasteiger partial charge in [-0.05, 0) is 18.2 Å². The molecule has 0 atom stereocenters. The molecular weight excluding hydrogens is 198 g/mol. The summed E-state index contributed by atoms with van der Waals surface area (Å²) in [5.41, 5.74) is 7.77. The highest BCUT2D eigenvalue weighted by Gasteiger charge is 2.21. The average molecular weight is 215 g/mol. The molecule has 0 amide bonds. The Morgan fingerprint density at radius 2 is 1.88 bits per heavy atom. The summed E-state index contributed by atoms with van der Waals surface area (Å²) in [6.45, 7) is 4.80. The number of nitrogens with two attached hydrogens (primary N) is 1. The van der Waals surface area contributed by atoms with E-state index < -0.39 is 0 Å². The summed E-state index contributed by atoms with van der Waals surface area (Å²) in [4.78, 5) is 0. The molecule has 1 aromatic carbocycles. The van der Waals surface area contributed by atoms with Crippen molar-refractivity contribution in [2.24, 2.45) is 5.73 Å². The van der Waals surface area contributed by atoms with Gasteiger partial charge in [0.1, 0.15) is 0 Å². The molecule has 0 aliphatic carbocycles. The van der Waals surface area contributed by atoms with Gasteiger partial charge in [-0.15, -0.1) is 0 Å². The minimum atomic E-state index is -0.0694. The first-order valence-corrected chi connectivity index (χ1v) is 5.45. The lowest BCUT2D eigenvalue weighted by Crippen LogP contribution is -2.28. The molecule has 16 heavy (non-hydrogen) atoms. The van der Waals surface area contributed by atoms with Gasteiger partial charge in [0, 0.05) is 18.2 Å². The Kier molecular flexibility index (Phi) is 2.79. The van der Waals surface area contributed by atoms with Gasteiger partial charge in [-0.1, -0.05) is 32.0 Å². The number of hydrogen-bond acceptors (Lipinski definition) is 2. The van der Waals surface area contributed by atoms with Crippen molar-refractivity contribution >= 4 is 0 Å². The van der Waals surface area contributed by atoms with Crippen molar-refractivity contribution in [3.8, 4) is 5.69 Å². The summed E-state index contributed by atoms with van der Waals surface area (Å²) in [5, 5.41) is 4.56. The number of aromatic nitrogens is 2. The predicted octanol–water partition coefficient (Wildman–Crippen LogP) is 2.11. The van der Waals surface area contributed by atoms with Gasteiger partial charge >= 0.3 is 0 Å². The number of nitrogens with zero attached hydrogens (tertiary/aromatic N) is 2. The van der Waals surface area contributed by atoms with Crippen LogP contribution in [0.1, 0.15) is 19.5 Å². The van der Waals surface area contributed by atoms with Gasteiger partial charge in [0.05, 0.1) is 11.4 Å². The Morgan fingerprint density at radius 3 is 2.50 bits per heavy atom. The van der Waals surface area contributed by atoms with Gasteiger partial charge in [0.25, 0.3) is 0 Å². The second-order valence-electron chi connectivity index (χ2n) is 4.57. The molecule has 0 fully saturated rings. The van der Waals surface area contributed by atoms with Crippen LogP contribution in [0.25, 0.3) is 5.69 Å². The van der Waals surface area contributed by atoms with Crippen LogP contribution in [-0.2, 0) is 5.41 Å². The monoisotopic (exact) mass is 215 g/mol. The molecule has 2 N–H and O–H groups in total. The Labute approximate surface area is 95.9 Å². The Balaban J connectivity index is 2.34. The van der Waals surface area contributed by atoms with Crippen LogP contribution in [0, 0.1) is 0 Å². The highest BCUT2D eigenvalue weighted by molar-refractivity contribution is 5.31. The zero-order valence-electron chi connectivity index (χ0n) is 9.72. The Hall–Kier alpha value is -1.61. The van der Waals surface area contributed by atoms with Crippen molar-refractivity contribution in [2.75, 3.05) is 6.54 Å². The third-order valence-corrected chi connectivity index (χ3v) is 2.81. The fourth-order valence-corrected chi connectivity index (χ4v) is 1.51. The molecule has 0 aliphatic heterocycles. The van der Waals surface area contributed by atoms with Gasteiger partial charge in [-0.3, -0.25) is 0 Å². The maximum atomic E-state index is 5.74. The molecule has 0 unspecified atom stereocenters. The molecule has 0 saturated heterocycles. The van der Waals surface area contributed by atoms with E-state index in [-0.39, 0.29) is 5.41 Å². The molecule has 84 valence electrons. The normalized spacial score (nSPS) is 11.7. The second kappa shape index (κ2) is 4.10. The number of para-hydroxylation sites is 1. The molecule has 2 aromatic rings. The molecule has 1 heterocycles. The van der Waals surface area contributed by atoms with Crippen molar-refractivity contribution < 1.29 is 0 Å². The summed E-state index contributed by atoms with van der Waals surface area (Å²) in [6.07, 6.45) is 1.97. The number of hydrogen-bond donors (Lipinski definition) is 1. The molecule has 0 radical (unpaired) electrons. The summed E-state index contributed by atoms with van der Waals surface area (Å²) in [7, 11) is 0. The first kappa shape index (κ1) is 10.9. The highest BCUT2D eigenvalue weighted by atomic mass is 15.3. The Morgan fingerprint density at radius 1 is 1.19 bits per heavy atom. The third-order valence-electron chi connectivity index (χ3n) is 2.81. The number of rotatable bonds is 3. The molecule has 3 heteroatoms. The summed E-state index contributed by atoms with van der Waals surface area (Å²) >= 11 is 0. The van der Waals surface area contributed by atoms with Crippen LogP contribution in [0.4, 0.5) is 0 Å². The van der Waals surface area contributed by atoms with Gasteiger partial charge in [-0.25, -0.2) is 4.68 Å². The van der Waals surface area contributed by atoms with E-state index in [9.17, 15) is 0 Å². The molecular formula is C13H17N3. The molecule has 3 nitrogen and oxygen atoms in total. The van der Waals surface area contributed by atoms with Crippen LogP contribution < -0.4 is 5.73 Å². The van der Waals surface area contributed by atoms with Crippen molar-refractivity contribution in [1.82, 2.24) is 9.78 Å². The van der Waals surface area contributed by atoms with Crippen molar-refractivity contribution in [3.63, 3.8) is 0 Å². The third kappa shape index (κ3) is 1.99. The lowest BCUT2D eigenvalue weighted by atomic mass is 9.90. The first-order valence-electron chi connectivity index (χ1n) is 5.45. The van der Waals surface area contributed by atoms with Crippen LogP contribution >= 0.6 is 0 Å². The lowest BCUT2D eigenvalue weighted by Gasteiger charge is -2.19. The van der Waals surface area contributed by atoms with Crippen molar-refractivity contribution in [3.05, 3.63) is 48.3 Å². The summed E-state index contributed by atoms with van der Waals surface area (Å²) < 4.78 is 1.88. The molecule has 2 rings (SSSR count). The fraction of sp³-hybridized carbons (Fsp3) is 0.308.